The zero-order valence-corrected chi connectivity index (χ0v) is 19.2. The van der Waals surface area contributed by atoms with Crippen LogP contribution in [0.3, 0.4) is 0 Å². The SMILES string of the molecule is O=C(NC1CC1)N1CCCC(C(=O)N2CCN(C(c3ccccc3)c3ccccc3)CC2)C1. The maximum absolute atomic E-state index is 13.3. The standard InChI is InChI=1S/C27H34N4O2/c32-26(23-12-7-15-31(20-23)27(33)28-24-13-14-24)30-18-16-29(17-19-30)25(21-8-3-1-4-9-21)22-10-5-2-6-11-22/h1-6,8-11,23-25H,7,12-20H2,(H,28,33). The first kappa shape index (κ1) is 22.0. The van der Waals surface area contributed by atoms with Crippen molar-refractivity contribution in [2.75, 3.05) is 39.3 Å². The van der Waals surface area contributed by atoms with Gasteiger partial charge in [-0.1, -0.05) is 60.7 Å². The average Bonchev–Trinajstić information content (AvgIpc) is 3.70. The Morgan fingerprint density at radius 1 is 0.758 bits per heavy atom. The third kappa shape index (κ3) is 5.22. The monoisotopic (exact) mass is 446 g/mol. The lowest BCUT2D eigenvalue weighted by atomic mass is 9.95. The van der Waals surface area contributed by atoms with Crippen LogP contribution in [0.2, 0.25) is 0 Å². The number of nitrogens with zero attached hydrogens (tertiary/aromatic N) is 3. The van der Waals surface area contributed by atoms with Gasteiger partial charge in [-0.05, 0) is 36.8 Å². The fourth-order valence-corrected chi connectivity index (χ4v) is 5.20. The van der Waals surface area contributed by atoms with E-state index in [1.54, 1.807) is 0 Å². The summed E-state index contributed by atoms with van der Waals surface area (Å²) in [5, 5.41) is 3.07. The fraction of sp³-hybridized carbons (Fsp3) is 0.481. The molecule has 2 aromatic carbocycles. The molecule has 5 rings (SSSR count). The van der Waals surface area contributed by atoms with Crippen molar-refractivity contribution in [2.24, 2.45) is 5.92 Å². The molecule has 6 nitrogen and oxygen atoms in total. The minimum Gasteiger partial charge on any atom is -0.340 e. The molecule has 2 saturated heterocycles. The Morgan fingerprint density at radius 2 is 1.36 bits per heavy atom. The molecule has 0 radical (unpaired) electrons. The van der Waals surface area contributed by atoms with Crippen molar-refractivity contribution in [3.63, 3.8) is 0 Å². The highest BCUT2D eigenvalue weighted by molar-refractivity contribution is 5.81. The molecule has 174 valence electrons. The quantitative estimate of drug-likeness (QED) is 0.765. The Kier molecular flexibility index (Phi) is 6.63. The molecule has 6 heteroatoms. The van der Waals surface area contributed by atoms with Crippen LogP contribution >= 0.6 is 0 Å². The summed E-state index contributed by atoms with van der Waals surface area (Å²) in [6.07, 6.45) is 3.94. The molecular weight excluding hydrogens is 412 g/mol. The van der Waals surface area contributed by atoms with Crippen LogP contribution in [0, 0.1) is 5.92 Å². The minimum absolute atomic E-state index is 0.00776. The van der Waals surface area contributed by atoms with Gasteiger partial charge < -0.3 is 15.1 Å². The number of amides is 3. The number of benzene rings is 2. The second-order valence-corrected chi connectivity index (χ2v) is 9.59. The van der Waals surface area contributed by atoms with E-state index in [9.17, 15) is 9.59 Å². The predicted octanol–water partition coefficient (Wildman–Crippen LogP) is 3.50. The van der Waals surface area contributed by atoms with E-state index >= 15 is 0 Å². The molecule has 0 bridgehead atoms. The lowest BCUT2D eigenvalue weighted by Crippen LogP contribution is -2.54. The Labute approximate surface area is 196 Å². The zero-order valence-electron chi connectivity index (χ0n) is 19.2. The minimum atomic E-state index is -0.0747. The number of nitrogens with one attached hydrogen (secondary N) is 1. The van der Waals surface area contributed by atoms with E-state index in [0.29, 0.717) is 12.6 Å². The highest BCUT2D eigenvalue weighted by Crippen LogP contribution is 2.30. The number of piperazine rings is 1. The Hall–Kier alpha value is -2.86. The number of carbonyl (C=O) groups is 2. The first-order valence-corrected chi connectivity index (χ1v) is 12.4. The van der Waals surface area contributed by atoms with Gasteiger partial charge in [-0.3, -0.25) is 9.69 Å². The van der Waals surface area contributed by atoms with Crippen molar-refractivity contribution in [1.82, 2.24) is 20.0 Å². The molecule has 0 aromatic heterocycles. The number of rotatable bonds is 5. The molecule has 3 amide bonds. The predicted molar refractivity (Wildman–Crippen MR) is 129 cm³/mol. The van der Waals surface area contributed by atoms with E-state index in [2.05, 4.69) is 70.9 Å². The van der Waals surface area contributed by atoms with Crippen molar-refractivity contribution in [3.05, 3.63) is 71.8 Å². The van der Waals surface area contributed by atoms with E-state index in [1.165, 1.54) is 11.1 Å². The zero-order chi connectivity index (χ0) is 22.6. The highest BCUT2D eigenvalue weighted by atomic mass is 16.2. The van der Waals surface area contributed by atoms with Gasteiger partial charge in [0, 0.05) is 45.3 Å². The van der Waals surface area contributed by atoms with Crippen LogP contribution in [-0.2, 0) is 4.79 Å². The van der Waals surface area contributed by atoms with Crippen molar-refractivity contribution in [2.45, 2.75) is 37.8 Å². The second kappa shape index (κ2) is 9.96. The van der Waals surface area contributed by atoms with Crippen LogP contribution in [-0.4, -0.2) is 71.9 Å². The van der Waals surface area contributed by atoms with Gasteiger partial charge in [-0.25, -0.2) is 4.79 Å². The fourth-order valence-electron chi connectivity index (χ4n) is 5.20. The first-order valence-electron chi connectivity index (χ1n) is 12.4. The molecular formula is C27H34N4O2. The molecule has 3 fully saturated rings. The molecule has 1 atom stereocenters. The van der Waals surface area contributed by atoms with Gasteiger partial charge in [0.05, 0.1) is 12.0 Å². The summed E-state index contributed by atoms with van der Waals surface area (Å²) in [6.45, 7) is 4.47. The van der Waals surface area contributed by atoms with Gasteiger partial charge in [0.2, 0.25) is 5.91 Å². The molecule has 33 heavy (non-hydrogen) atoms. The van der Waals surface area contributed by atoms with E-state index in [-0.39, 0.29) is 23.9 Å². The molecule has 2 heterocycles. The molecule has 1 saturated carbocycles. The number of carbonyl (C=O) groups excluding carboxylic acids is 2. The van der Waals surface area contributed by atoms with Gasteiger partial charge >= 0.3 is 6.03 Å². The van der Waals surface area contributed by atoms with Gasteiger partial charge in [0.15, 0.2) is 0 Å². The normalized spacial score (nSPS) is 21.8. The van der Waals surface area contributed by atoms with Crippen LogP contribution in [0.25, 0.3) is 0 Å². The van der Waals surface area contributed by atoms with Crippen LogP contribution in [0.4, 0.5) is 4.79 Å². The summed E-state index contributed by atoms with van der Waals surface area (Å²) >= 11 is 0. The topological polar surface area (TPSA) is 55.9 Å². The summed E-state index contributed by atoms with van der Waals surface area (Å²) in [4.78, 5) is 32.1. The third-order valence-corrected chi connectivity index (χ3v) is 7.18. The van der Waals surface area contributed by atoms with E-state index in [4.69, 9.17) is 0 Å². The van der Waals surface area contributed by atoms with Crippen molar-refractivity contribution < 1.29 is 9.59 Å². The maximum Gasteiger partial charge on any atom is 0.317 e. The summed E-state index contributed by atoms with van der Waals surface area (Å²) in [5.41, 5.74) is 2.57. The molecule has 1 unspecified atom stereocenters. The van der Waals surface area contributed by atoms with Crippen molar-refractivity contribution >= 4 is 11.9 Å². The van der Waals surface area contributed by atoms with E-state index in [0.717, 1.165) is 58.4 Å². The van der Waals surface area contributed by atoms with Crippen molar-refractivity contribution in [3.8, 4) is 0 Å². The summed E-state index contributed by atoms with van der Waals surface area (Å²) < 4.78 is 0. The number of hydrogen-bond donors (Lipinski definition) is 1. The van der Waals surface area contributed by atoms with Crippen LogP contribution in [0.15, 0.2) is 60.7 Å². The maximum atomic E-state index is 13.3. The average molecular weight is 447 g/mol. The highest BCUT2D eigenvalue weighted by Gasteiger charge is 2.35. The van der Waals surface area contributed by atoms with E-state index in [1.807, 2.05) is 9.80 Å². The first-order chi connectivity index (χ1) is 16.2. The number of piperidine rings is 1. The lowest BCUT2D eigenvalue weighted by molar-refractivity contribution is -0.139. The summed E-state index contributed by atoms with van der Waals surface area (Å²) in [5.74, 6) is 0.142. The largest absolute Gasteiger partial charge is 0.340 e. The smallest absolute Gasteiger partial charge is 0.317 e. The Balaban J connectivity index is 1.21. The Bertz CT molecular complexity index is 900. The molecule has 2 aliphatic heterocycles. The second-order valence-electron chi connectivity index (χ2n) is 9.59. The van der Waals surface area contributed by atoms with Crippen LogP contribution in [0.5, 0.6) is 0 Å². The summed E-state index contributed by atoms with van der Waals surface area (Å²) in [6, 6.07) is 21.8. The Morgan fingerprint density at radius 3 is 1.94 bits per heavy atom. The molecule has 1 N–H and O–H groups in total. The third-order valence-electron chi connectivity index (χ3n) is 7.18. The molecule has 2 aromatic rings. The molecule has 1 aliphatic carbocycles. The molecule has 0 spiro atoms. The van der Waals surface area contributed by atoms with Crippen LogP contribution < -0.4 is 5.32 Å². The van der Waals surface area contributed by atoms with Gasteiger partial charge in [0.1, 0.15) is 0 Å². The van der Waals surface area contributed by atoms with Crippen LogP contribution in [0.1, 0.15) is 42.9 Å². The summed E-state index contributed by atoms with van der Waals surface area (Å²) in [7, 11) is 0. The number of urea groups is 1. The lowest BCUT2D eigenvalue weighted by Gasteiger charge is -2.42. The van der Waals surface area contributed by atoms with Crippen molar-refractivity contribution in [1.29, 1.82) is 0 Å². The van der Waals surface area contributed by atoms with Gasteiger partial charge in [-0.2, -0.15) is 0 Å². The van der Waals surface area contributed by atoms with Gasteiger partial charge in [-0.15, -0.1) is 0 Å². The van der Waals surface area contributed by atoms with Gasteiger partial charge in [0.25, 0.3) is 0 Å². The number of hydrogen-bond acceptors (Lipinski definition) is 3. The number of likely N-dealkylation sites (tertiary alicyclic amines) is 1. The van der Waals surface area contributed by atoms with E-state index < -0.39 is 0 Å². The molecule has 3 aliphatic rings.